The van der Waals surface area contributed by atoms with Gasteiger partial charge in [0.05, 0.1) is 11.5 Å². The number of methoxy groups -OCH3 is 1. The zero-order chi connectivity index (χ0) is 12.8. The average Bonchev–Trinajstić information content (AvgIpc) is 2.46. The maximum Gasteiger partial charge on any atom is 0.0709 e. The lowest BCUT2D eigenvalue weighted by Gasteiger charge is -2.29. The van der Waals surface area contributed by atoms with Crippen LogP contribution in [0.25, 0.3) is 0 Å². The van der Waals surface area contributed by atoms with Crippen LogP contribution in [0, 0.1) is 0 Å². The summed E-state index contributed by atoms with van der Waals surface area (Å²) in [5.74, 6) is 0. The monoisotopic (exact) mass is 267 g/mol. The van der Waals surface area contributed by atoms with E-state index >= 15 is 0 Å². The van der Waals surface area contributed by atoms with Crippen LogP contribution >= 0.6 is 11.6 Å². The predicted molar refractivity (Wildman–Crippen MR) is 76.1 cm³/mol. The number of nitrogens with one attached hydrogen (secondary N) is 1. The largest absolute Gasteiger partial charge is 0.381 e. The van der Waals surface area contributed by atoms with E-state index in [0.717, 1.165) is 13.0 Å². The first kappa shape index (κ1) is 13.9. The molecule has 0 radical (unpaired) electrons. The van der Waals surface area contributed by atoms with Crippen molar-refractivity contribution >= 4 is 11.6 Å². The van der Waals surface area contributed by atoms with E-state index in [4.69, 9.17) is 16.3 Å². The van der Waals surface area contributed by atoms with Crippen molar-refractivity contribution in [3.63, 3.8) is 0 Å². The third-order valence-electron chi connectivity index (χ3n) is 3.71. The molecule has 0 amide bonds. The predicted octanol–water partition coefficient (Wildman–Crippen LogP) is 3.51. The molecule has 0 heterocycles. The molecule has 0 aliphatic heterocycles. The minimum atomic E-state index is 0.0501. The molecule has 1 saturated carbocycles. The Morgan fingerprint density at radius 3 is 2.83 bits per heavy atom. The number of rotatable bonds is 5. The molecule has 1 aromatic carbocycles. The molecule has 18 heavy (non-hydrogen) atoms. The molecule has 1 aliphatic carbocycles. The van der Waals surface area contributed by atoms with Crippen LogP contribution in [0.1, 0.15) is 36.6 Å². The van der Waals surface area contributed by atoms with Gasteiger partial charge in [-0.25, -0.2) is 0 Å². The standard InChI is InChI=1S/C15H22ClNO/c1-18-14-9-5-8-13(10-14)17-11-15(16)12-6-3-2-4-7-12/h2-4,6-7,13-15,17H,5,8-11H2,1H3. The second-order valence-corrected chi connectivity index (χ2v) is 5.53. The Morgan fingerprint density at radius 1 is 1.33 bits per heavy atom. The zero-order valence-corrected chi connectivity index (χ0v) is 11.7. The van der Waals surface area contributed by atoms with Crippen LogP contribution < -0.4 is 5.32 Å². The summed E-state index contributed by atoms with van der Waals surface area (Å²) in [6, 6.07) is 10.8. The molecule has 0 aromatic heterocycles. The van der Waals surface area contributed by atoms with E-state index in [1.807, 2.05) is 18.2 Å². The molecule has 1 fully saturated rings. The molecular formula is C15H22ClNO. The molecule has 0 bridgehead atoms. The first-order valence-corrected chi connectivity index (χ1v) is 7.18. The number of alkyl halides is 1. The van der Waals surface area contributed by atoms with Gasteiger partial charge in [0, 0.05) is 19.7 Å². The smallest absolute Gasteiger partial charge is 0.0709 e. The van der Waals surface area contributed by atoms with E-state index in [0.29, 0.717) is 12.1 Å². The highest BCUT2D eigenvalue weighted by Gasteiger charge is 2.21. The van der Waals surface area contributed by atoms with Crippen molar-refractivity contribution in [2.24, 2.45) is 0 Å². The topological polar surface area (TPSA) is 21.3 Å². The molecule has 3 unspecified atom stereocenters. The van der Waals surface area contributed by atoms with E-state index < -0.39 is 0 Å². The van der Waals surface area contributed by atoms with Crippen LogP contribution in [0.3, 0.4) is 0 Å². The van der Waals surface area contributed by atoms with Gasteiger partial charge in [0.2, 0.25) is 0 Å². The second kappa shape index (κ2) is 7.13. The first-order valence-electron chi connectivity index (χ1n) is 6.74. The Bertz CT molecular complexity index is 344. The fourth-order valence-corrected chi connectivity index (χ4v) is 2.83. The highest BCUT2D eigenvalue weighted by Crippen LogP contribution is 2.23. The molecule has 3 atom stereocenters. The van der Waals surface area contributed by atoms with Crippen molar-refractivity contribution in [3.05, 3.63) is 35.9 Å². The number of hydrogen-bond donors (Lipinski definition) is 1. The van der Waals surface area contributed by atoms with Gasteiger partial charge in [0.15, 0.2) is 0 Å². The summed E-state index contributed by atoms with van der Waals surface area (Å²) in [4.78, 5) is 0. The van der Waals surface area contributed by atoms with Crippen molar-refractivity contribution in [3.8, 4) is 0 Å². The summed E-state index contributed by atoms with van der Waals surface area (Å²) in [5.41, 5.74) is 1.19. The number of halogens is 1. The molecule has 1 aromatic rings. The maximum atomic E-state index is 6.40. The number of ether oxygens (including phenoxy) is 1. The van der Waals surface area contributed by atoms with Gasteiger partial charge in [-0.15, -0.1) is 11.6 Å². The molecule has 2 rings (SSSR count). The Balaban J connectivity index is 1.77. The van der Waals surface area contributed by atoms with Crippen LogP contribution in [0.4, 0.5) is 0 Å². The lowest BCUT2D eigenvalue weighted by atomic mass is 9.92. The SMILES string of the molecule is COC1CCCC(NCC(Cl)c2ccccc2)C1. The second-order valence-electron chi connectivity index (χ2n) is 5.01. The Kier molecular flexibility index (Phi) is 5.48. The van der Waals surface area contributed by atoms with Crippen molar-refractivity contribution in [1.82, 2.24) is 5.32 Å². The van der Waals surface area contributed by atoms with Gasteiger partial charge in [-0.3, -0.25) is 0 Å². The zero-order valence-electron chi connectivity index (χ0n) is 10.9. The van der Waals surface area contributed by atoms with Gasteiger partial charge in [-0.1, -0.05) is 30.3 Å². The Hall–Kier alpha value is -0.570. The molecular weight excluding hydrogens is 246 g/mol. The van der Waals surface area contributed by atoms with E-state index in [1.54, 1.807) is 7.11 Å². The molecule has 100 valence electrons. The molecule has 0 spiro atoms. The third-order valence-corrected chi connectivity index (χ3v) is 4.11. The first-order chi connectivity index (χ1) is 8.79. The highest BCUT2D eigenvalue weighted by molar-refractivity contribution is 6.21. The molecule has 3 heteroatoms. The van der Waals surface area contributed by atoms with Crippen molar-refractivity contribution in [1.29, 1.82) is 0 Å². The lowest BCUT2D eigenvalue weighted by Crippen LogP contribution is -2.38. The van der Waals surface area contributed by atoms with Gasteiger partial charge < -0.3 is 10.1 Å². The van der Waals surface area contributed by atoms with E-state index in [-0.39, 0.29) is 5.38 Å². The molecule has 1 aliphatic rings. The number of hydrogen-bond acceptors (Lipinski definition) is 2. The van der Waals surface area contributed by atoms with Gasteiger partial charge in [-0.05, 0) is 31.2 Å². The van der Waals surface area contributed by atoms with Gasteiger partial charge in [-0.2, -0.15) is 0 Å². The number of benzene rings is 1. The van der Waals surface area contributed by atoms with Gasteiger partial charge in [0.1, 0.15) is 0 Å². The quantitative estimate of drug-likeness (QED) is 0.825. The Labute approximate surface area is 115 Å². The van der Waals surface area contributed by atoms with E-state index in [1.165, 1.54) is 24.8 Å². The molecule has 2 nitrogen and oxygen atoms in total. The van der Waals surface area contributed by atoms with E-state index in [2.05, 4.69) is 17.4 Å². The fourth-order valence-electron chi connectivity index (χ4n) is 2.59. The van der Waals surface area contributed by atoms with Crippen molar-refractivity contribution in [2.45, 2.75) is 43.2 Å². The summed E-state index contributed by atoms with van der Waals surface area (Å²) in [5, 5.41) is 3.62. The van der Waals surface area contributed by atoms with Gasteiger partial charge >= 0.3 is 0 Å². The minimum absolute atomic E-state index is 0.0501. The van der Waals surface area contributed by atoms with Crippen molar-refractivity contribution in [2.75, 3.05) is 13.7 Å². The Morgan fingerprint density at radius 2 is 2.11 bits per heavy atom. The van der Waals surface area contributed by atoms with Crippen LogP contribution in [0.2, 0.25) is 0 Å². The van der Waals surface area contributed by atoms with Crippen molar-refractivity contribution < 1.29 is 4.74 Å². The van der Waals surface area contributed by atoms with Crippen LogP contribution in [-0.2, 0) is 4.74 Å². The molecule has 1 N–H and O–H groups in total. The summed E-state index contributed by atoms with van der Waals surface area (Å²) in [7, 11) is 1.81. The summed E-state index contributed by atoms with van der Waals surface area (Å²) in [6.07, 6.45) is 5.20. The summed E-state index contributed by atoms with van der Waals surface area (Å²) in [6.45, 7) is 0.826. The lowest BCUT2D eigenvalue weighted by molar-refractivity contribution is 0.0589. The minimum Gasteiger partial charge on any atom is -0.381 e. The normalized spacial score (nSPS) is 25.9. The maximum absolute atomic E-state index is 6.40. The highest BCUT2D eigenvalue weighted by atomic mass is 35.5. The van der Waals surface area contributed by atoms with Crippen LogP contribution in [0.15, 0.2) is 30.3 Å². The fraction of sp³-hybridized carbons (Fsp3) is 0.600. The van der Waals surface area contributed by atoms with Gasteiger partial charge in [0.25, 0.3) is 0 Å². The molecule has 0 saturated heterocycles. The third kappa shape index (κ3) is 3.98. The van der Waals surface area contributed by atoms with E-state index in [9.17, 15) is 0 Å². The summed E-state index contributed by atoms with van der Waals surface area (Å²) < 4.78 is 5.44. The average molecular weight is 268 g/mol. The summed E-state index contributed by atoms with van der Waals surface area (Å²) >= 11 is 6.40. The van der Waals surface area contributed by atoms with Crippen LogP contribution in [-0.4, -0.2) is 25.8 Å². The van der Waals surface area contributed by atoms with Crippen LogP contribution in [0.5, 0.6) is 0 Å².